The zero-order valence-electron chi connectivity index (χ0n) is 12.7. The molecular formula is C15H22FN3O. The van der Waals surface area contributed by atoms with Gasteiger partial charge in [-0.05, 0) is 11.3 Å². The van der Waals surface area contributed by atoms with E-state index in [1.54, 1.807) is 6.07 Å². The molecular weight excluding hydrogens is 257 g/mol. The molecule has 0 bridgehead atoms. The normalized spacial score (nSPS) is 12.3. The molecule has 2 N–H and O–H groups in total. The van der Waals surface area contributed by atoms with Crippen molar-refractivity contribution in [3.63, 3.8) is 0 Å². The molecule has 0 amide bonds. The highest BCUT2D eigenvalue weighted by Gasteiger charge is 2.25. The summed E-state index contributed by atoms with van der Waals surface area (Å²) in [4.78, 5) is 4.24. The van der Waals surface area contributed by atoms with Crippen molar-refractivity contribution in [3.05, 3.63) is 17.9 Å². The first-order valence-corrected chi connectivity index (χ1v) is 6.75. The topological polar surface area (TPSA) is 53.1 Å². The van der Waals surface area contributed by atoms with Crippen molar-refractivity contribution in [2.75, 3.05) is 12.8 Å². The minimum absolute atomic E-state index is 0.0589. The van der Waals surface area contributed by atoms with Crippen molar-refractivity contribution in [2.24, 2.45) is 11.3 Å². The van der Waals surface area contributed by atoms with E-state index in [1.165, 1.54) is 13.2 Å². The Morgan fingerprint density at radius 1 is 1.40 bits per heavy atom. The van der Waals surface area contributed by atoms with Gasteiger partial charge in [-0.15, -0.1) is 0 Å². The van der Waals surface area contributed by atoms with E-state index >= 15 is 0 Å². The van der Waals surface area contributed by atoms with Gasteiger partial charge in [-0.25, -0.2) is 9.37 Å². The van der Waals surface area contributed by atoms with E-state index in [-0.39, 0.29) is 11.2 Å². The predicted octanol–water partition coefficient (Wildman–Crippen LogP) is 3.45. The largest absolute Gasteiger partial charge is 0.494 e. The lowest BCUT2D eigenvalue weighted by Crippen LogP contribution is -2.26. The van der Waals surface area contributed by atoms with Gasteiger partial charge < -0.3 is 15.0 Å². The molecule has 110 valence electrons. The number of anilines is 1. The van der Waals surface area contributed by atoms with Crippen molar-refractivity contribution in [1.82, 2.24) is 9.55 Å². The van der Waals surface area contributed by atoms with Gasteiger partial charge in [0.25, 0.3) is 0 Å². The number of aromatic nitrogens is 2. The molecule has 0 spiro atoms. The van der Waals surface area contributed by atoms with Gasteiger partial charge in [-0.3, -0.25) is 0 Å². The summed E-state index contributed by atoms with van der Waals surface area (Å²) in [5.41, 5.74) is 7.41. The Morgan fingerprint density at radius 3 is 2.60 bits per heavy atom. The van der Waals surface area contributed by atoms with Crippen molar-refractivity contribution in [3.8, 4) is 5.75 Å². The maximum Gasteiger partial charge on any atom is 0.201 e. The molecule has 2 aromatic rings. The Balaban J connectivity index is 2.55. The van der Waals surface area contributed by atoms with Gasteiger partial charge in [-0.2, -0.15) is 0 Å². The lowest BCUT2D eigenvalue weighted by atomic mass is 9.81. The molecule has 1 heterocycles. The molecule has 0 aliphatic carbocycles. The third-order valence-electron chi connectivity index (χ3n) is 4.18. The molecule has 0 aliphatic rings. The molecule has 1 aromatic carbocycles. The number of benzene rings is 1. The van der Waals surface area contributed by atoms with Crippen LogP contribution in [0.3, 0.4) is 0 Å². The summed E-state index contributed by atoms with van der Waals surface area (Å²) in [5, 5.41) is 0. The summed E-state index contributed by atoms with van der Waals surface area (Å²) in [6, 6.07) is 3.02. The Kier molecular flexibility index (Phi) is 3.63. The lowest BCUT2D eigenvalue weighted by Gasteiger charge is -2.30. The summed E-state index contributed by atoms with van der Waals surface area (Å²) in [5.74, 6) is 0.678. The quantitative estimate of drug-likeness (QED) is 0.932. The first kappa shape index (κ1) is 14.6. The predicted molar refractivity (Wildman–Crippen MR) is 79.3 cm³/mol. The van der Waals surface area contributed by atoms with Crippen molar-refractivity contribution < 1.29 is 9.13 Å². The number of hydrogen-bond acceptors (Lipinski definition) is 3. The average molecular weight is 279 g/mol. The molecule has 0 atom stereocenters. The number of nitrogens with zero attached hydrogens (tertiary/aromatic N) is 2. The number of methoxy groups -OCH3 is 1. The summed E-state index contributed by atoms with van der Waals surface area (Å²) in [6.07, 6.45) is 0. The Morgan fingerprint density at radius 2 is 2.05 bits per heavy atom. The van der Waals surface area contributed by atoms with Gasteiger partial charge in [0.15, 0.2) is 11.6 Å². The van der Waals surface area contributed by atoms with E-state index in [2.05, 4.69) is 32.7 Å². The van der Waals surface area contributed by atoms with Crippen LogP contribution < -0.4 is 10.5 Å². The zero-order valence-corrected chi connectivity index (χ0v) is 12.7. The number of fused-ring (bicyclic) bond motifs is 1. The second kappa shape index (κ2) is 4.96. The number of halogens is 1. The number of hydrogen-bond donors (Lipinski definition) is 1. The second-order valence-corrected chi connectivity index (χ2v) is 6.17. The van der Waals surface area contributed by atoms with E-state index < -0.39 is 5.82 Å². The van der Waals surface area contributed by atoms with E-state index in [1.807, 2.05) is 4.57 Å². The fourth-order valence-electron chi connectivity index (χ4n) is 2.06. The monoisotopic (exact) mass is 279 g/mol. The highest BCUT2D eigenvalue weighted by molar-refractivity contribution is 5.80. The number of rotatable bonds is 4. The highest BCUT2D eigenvalue weighted by atomic mass is 19.1. The summed E-state index contributed by atoms with van der Waals surface area (Å²) >= 11 is 0. The molecule has 0 aliphatic heterocycles. The molecule has 20 heavy (non-hydrogen) atoms. The van der Waals surface area contributed by atoms with Crippen LogP contribution in [-0.4, -0.2) is 16.7 Å². The van der Waals surface area contributed by atoms with Crippen LogP contribution in [0.5, 0.6) is 5.75 Å². The van der Waals surface area contributed by atoms with Crippen LogP contribution in [0.2, 0.25) is 0 Å². The van der Waals surface area contributed by atoms with E-state index in [0.717, 1.165) is 12.1 Å². The molecule has 1 aromatic heterocycles. The maximum atomic E-state index is 13.7. The standard InChI is InChI=1S/C15H22FN3O/c1-9(2)15(3,4)8-19-12-7-13(20-5)10(16)6-11(12)18-14(19)17/h6-7,9H,8H2,1-5H3,(H2,17,18). The minimum atomic E-state index is -0.423. The van der Waals surface area contributed by atoms with Crippen molar-refractivity contribution >= 4 is 17.0 Å². The molecule has 0 saturated heterocycles. The Labute approximate surface area is 118 Å². The second-order valence-electron chi connectivity index (χ2n) is 6.17. The molecule has 0 radical (unpaired) electrons. The Hall–Kier alpha value is -1.78. The van der Waals surface area contributed by atoms with Crippen LogP contribution in [0, 0.1) is 17.2 Å². The van der Waals surface area contributed by atoms with Crippen LogP contribution in [0.15, 0.2) is 12.1 Å². The van der Waals surface area contributed by atoms with Gasteiger partial charge in [0.2, 0.25) is 5.95 Å². The molecule has 0 fully saturated rings. The summed E-state index contributed by atoms with van der Waals surface area (Å²) < 4.78 is 20.7. The van der Waals surface area contributed by atoms with Crippen LogP contribution in [0.25, 0.3) is 11.0 Å². The minimum Gasteiger partial charge on any atom is -0.494 e. The molecule has 0 unspecified atom stereocenters. The number of imidazole rings is 1. The lowest BCUT2D eigenvalue weighted by molar-refractivity contribution is 0.214. The van der Waals surface area contributed by atoms with Crippen LogP contribution in [-0.2, 0) is 6.54 Å². The highest BCUT2D eigenvalue weighted by Crippen LogP contribution is 2.33. The van der Waals surface area contributed by atoms with Gasteiger partial charge in [0, 0.05) is 18.7 Å². The summed E-state index contributed by atoms with van der Waals surface area (Å²) in [7, 11) is 1.45. The maximum absolute atomic E-state index is 13.7. The number of nitrogens with two attached hydrogens (primary N) is 1. The van der Waals surface area contributed by atoms with Crippen LogP contribution in [0.1, 0.15) is 27.7 Å². The summed E-state index contributed by atoms with van der Waals surface area (Å²) in [6.45, 7) is 9.44. The average Bonchev–Trinajstić information content (AvgIpc) is 2.63. The smallest absolute Gasteiger partial charge is 0.201 e. The number of ether oxygens (including phenoxy) is 1. The number of nitrogen functional groups attached to an aromatic ring is 1. The third kappa shape index (κ3) is 2.44. The fourth-order valence-corrected chi connectivity index (χ4v) is 2.06. The van der Waals surface area contributed by atoms with E-state index in [4.69, 9.17) is 10.5 Å². The SMILES string of the molecule is COc1cc2c(cc1F)nc(N)n2CC(C)(C)C(C)C. The van der Waals surface area contributed by atoms with Gasteiger partial charge in [0.05, 0.1) is 18.1 Å². The van der Waals surface area contributed by atoms with Crippen molar-refractivity contribution in [2.45, 2.75) is 34.2 Å². The zero-order chi connectivity index (χ0) is 15.1. The Bertz CT molecular complexity index is 632. The third-order valence-corrected chi connectivity index (χ3v) is 4.18. The molecule has 4 nitrogen and oxygen atoms in total. The first-order chi connectivity index (χ1) is 9.26. The fraction of sp³-hybridized carbons (Fsp3) is 0.533. The van der Waals surface area contributed by atoms with E-state index in [9.17, 15) is 4.39 Å². The van der Waals surface area contributed by atoms with Crippen LogP contribution in [0.4, 0.5) is 10.3 Å². The van der Waals surface area contributed by atoms with Crippen LogP contribution >= 0.6 is 0 Å². The molecule has 2 rings (SSSR count). The van der Waals surface area contributed by atoms with Gasteiger partial charge in [-0.1, -0.05) is 27.7 Å². The molecule has 5 heteroatoms. The van der Waals surface area contributed by atoms with Gasteiger partial charge >= 0.3 is 0 Å². The molecule has 0 saturated carbocycles. The van der Waals surface area contributed by atoms with Gasteiger partial charge in [0.1, 0.15) is 0 Å². The first-order valence-electron chi connectivity index (χ1n) is 6.75. The van der Waals surface area contributed by atoms with E-state index in [0.29, 0.717) is 17.4 Å². The van der Waals surface area contributed by atoms with Crippen molar-refractivity contribution in [1.29, 1.82) is 0 Å².